The highest BCUT2D eigenvalue weighted by Crippen LogP contribution is 2.35. The quantitative estimate of drug-likeness (QED) is 0.450. The molecule has 2 atom stereocenters. The van der Waals surface area contributed by atoms with Crippen LogP contribution in [0.25, 0.3) is 10.4 Å². The molecular formula is C23H23ClFNOS. The maximum Gasteiger partial charge on any atom is 0.227 e. The van der Waals surface area contributed by atoms with Crippen LogP contribution in [0.5, 0.6) is 0 Å². The van der Waals surface area contributed by atoms with Crippen molar-refractivity contribution in [2.75, 3.05) is 5.32 Å². The van der Waals surface area contributed by atoms with E-state index >= 15 is 0 Å². The van der Waals surface area contributed by atoms with Crippen molar-refractivity contribution in [1.29, 1.82) is 0 Å². The van der Waals surface area contributed by atoms with Crippen molar-refractivity contribution in [3.8, 4) is 10.4 Å². The molecule has 0 radical (unpaired) electrons. The number of nitrogens with one attached hydrogen (secondary N) is 1. The number of aryl methyl sites for hydroxylation is 1. The van der Waals surface area contributed by atoms with Gasteiger partial charge in [0, 0.05) is 21.4 Å². The summed E-state index contributed by atoms with van der Waals surface area (Å²) in [5.74, 6) is -0.501. The van der Waals surface area contributed by atoms with Crippen LogP contribution in [-0.4, -0.2) is 5.91 Å². The van der Waals surface area contributed by atoms with Crippen LogP contribution in [0.1, 0.15) is 36.6 Å². The smallest absolute Gasteiger partial charge is 0.227 e. The number of rotatable bonds is 6. The monoisotopic (exact) mass is 415 g/mol. The maximum atomic E-state index is 13.3. The van der Waals surface area contributed by atoms with Gasteiger partial charge in [-0.1, -0.05) is 55.3 Å². The van der Waals surface area contributed by atoms with Crippen molar-refractivity contribution in [3.63, 3.8) is 0 Å². The lowest BCUT2D eigenvalue weighted by molar-refractivity contribution is -0.119. The van der Waals surface area contributed by atoms with Crippen molar-refractivity contribution in [2.24, 2.45) is 5.92 Å². The van der Waals surface area contributed by atoms with Crippen molar-refractivity contribution in [1.82, 2.24) is 0 Å². The van der Waals surface area contributed by atoms with E-state index in [1.54, 1.807) is 11.3 Å². The van der Waals surface area contributed by atoms with Crippen LogP contribution in [0.15, 0.2) is 54.6 Å². The standard InChI is InChI=1S/C23H23ClFNOS/c1-14-4-6-17(7-5-14)22-11-10-21(28-22)15(2)12-16(3)23(27)26-18-8-9-20(25)19(24)13-18/h4-11,13,15-16H,12H2,1-3H3,(H,26,27)/t15-,16+/m1/s1. The number of carbonyl (C=O) groups excluding carboxylic acids is 1. The average Bonchev–Trinajstić information content (AvgIpc) is 3.15. The highest BCUT2D eigenvalue weighted by atomic mass is 35.5. The predicted octanol–water partition coefficient (Wildman–Crippen LogP) is 7.28. The second kappa shape index (κ2) is 8.89. The molecule has 0 aliphatic heterocycles. The number of hydrogen-bond donors (Lipinski definition) is 1. The third-order valence-electron chi connectivity index (χ3n) is 4.79. The van der Waals surface area contributed by atoms with Crippen LogP contribution < -0.4 is 5.32 Å². The van der Waals surface area contributed by atoms with Gasteiger partial charge in [0.15, 0.2) is 0 Å². The molecule has 3 rings (SSSR count). The number of thiophene rings is 1. The lowest BCUT2D eigenvalue weighted by Gasteiger charge is -2.16. The second-order valence-corrected chi connectivity index (χ2v) is 8.75. The summed E-state index contributed by atoms with van der Waals surface area (Å²) in [6.45, 7) is 6.13. The van der Waals surface area contributed by atoms with Gasteiger partial charge in [0.1, 0.15) is 5.82 Å². The van der Waals surface area contributed by atoms with Crippen LogP contribution in [0.2, 0.25) is 5.02 Å². The molecule has 0 saturated carbocycles. The number of anilines is 1. The maximum absolute atomic E-state index is 13.3. The zero-order chi connectivity index (χ0) is 20.3. The lowest BCUT2D eigenvalue weighted by atomic mass is 9.95. The highest BCUT2D eigenvalue weighted by Gasteiger charge is 2.19. The minimum Gasteiger partial charge on any atom is -0.326 e. The first-order valence-electron chi connectivity index (χ1n) is 9.26. The molecule has 2 nitrogen and oxygen atoms in total. The Kier molecular flexibility index (Phi) is 6.53. The Labute approximate surface area is 174 Å². The van der Waals surface area contributed by atoms with E-state index in [9.17, 15) is 9.18 Å². The summed E-state index contributed by atoms with van der Waals surface area (Å²) >= 11 is 7.55. The highest BCUT2D eigenvalue weighted by molar-refractivity contribution is 7.15. The summed E-state index contributed by atoms with van der Waals surface area (Å²) < 4.78 is 13.3. The van der Waals surface area contributed by atoms with E-state index in [1.165, 1.54) is 39.1 Å². The molecule has 2 aromatic carbocycles. The molecule has 0 saturated heterocycles. The first-order chi connectivity index (χ1) is 13.3. The summed E-state index contributed by atoms with van der Waals surface area (Å²) in [7, 11) is 0. The Morgan fingerprint density at radius 1 is 1.11 bits per heavy atom. The molecule has 0 bridgehead atoms. The predicted molar refractivity (Wildman–Crippen MR) is 117 cm³/mol. The van der Waals surface area contributed by atoms with E-state index in [0.717, 1.165) is 6.42 Å². The first-order valence-corrected chi connectivity index (χ1v) is 10.5. The molecule has 146 valence electrons. The molecule has 1 N–H and O–H groups in total. The minimum absolute atomic E-state index is 0.000965. The largest absolute Gasteiger partial charge is 0.326 e. The van der Waals surface area contributed by atoms with Crippen molar-refractivity contribution >= 4 is 34.5 Å². The number of halogens is 2. The van der Waals surface area contributed by atoms with Crippen LogP contribution in [-0.2, 0) is 4.79 Å². The van der Waals surface area contributed by atoms with Crippen LogP contribution in [0, 0.1) is 18.7 Å². The molecule has 5 heteroatoms. The fraction of sp³-hybridized carbons (Fsp3) is 0.261. The molecule has 0 spiro atoms. The van der Waals surface area contributed by atoms with Gasteiger partial charge in [-0.2, -0.15) is 0 Å². The van der Waals surface area contributed by atoms with E-state index in [4.69, 9.17) is 11.6 Å². The third kappa shape index (κ3) is 5.00. The first kappa shape index (κ1) is 20.6. The van der Waals surface area contributed by atoms with E-state index in [0.29, 0.717) is 5.69 Å². The van der Waals surface area contributed by atoms with E-state index in [1.807, 2.05) is 6.92 Å². The Bertz CT molecular complexity index is 967. The fourth-order valence-electron chi connectivity index (χ4n) is 3.08. The van der Waals surface area contributed by atoms with Gasteiger partial charge in [-0.15, -0.1) is 11.3 Å². The molecular weight excluding hydrogens is 393 g/mol. The zero-order valence-electron chi connectivity index (χ0n) is 16.1. The molecule has 1 aromatic heterocycles. The average molecular weight is 416 g/mol. The Morgan fingerprint density at radius 3 is 2.50 bits per heavy atom. The molecule has 0 aliphatic carbocycles. The fourth-order valence-corrected chi connectivity index (χ4v) is 4.34. The molecule has 0 fully saturated rings. The normalized spacial score (nSPS) is 13.2. The van der Waals surface area contributed by atoms with E-state index < -0.39 is 5.82 Å². The van der Waals surface area contributed by atoms with Gasteiger partial charge in [0.25, 0.3) is 0 Å². The SMILES string of the molecule is Cc1ccc(-c2ccc([C@H](C)C[C@H](C)C(=O)Nc3ccc(F)c(Cl)c3)s2)cc1. The summed E-state index contributed by atoms with van der Waals surface area (Å²) in [6.07, 6.45) is 0.731. The molecule has 28 heavy (non-hydrogen) atoms. The topological polar surface area (TPSA) is 29.1 Å². The third-order valence-corrected chi connectivity index (χ3v) is 6.45. The van der Waals surface area contributed by atoms with Gasteiger partial charge >= 0.3 is 0 Å². The van der Waals surface area contributed by atoms with E-state index in [-0.39, 0.29) is 22.8 Å². The summed E-state index contributed by atoms with van der Waals surface area (Å²) in [4.78, 5) is 15.0. The van der Waals surface area contributed by atoms with Crippen molar-refractivity contribution < 1.29 is 9.18 Å². The zero-order valence-corrected chi connectivity index (χ0v) is 17.7. The van der Waals surface area contributed by atoms with Crippen molar-refractivity contribution in [2.45, 2.75) is 33.1 Å². The molecule has 1 heterocycles. The lowest BCUT2D eigenvalue weighted by Crippen LogP contribution is -2.21. The number of benzene rings is 2. The molecule has 1 amide bonds. The van der Waals surface area contributed by atoms with Gasteiger partial charge in [0.05, 0.1) is 5.02 Å². The van der Waals surface area contributed by atoms with Crippen molar-refractivity contribution in [3.05, 3.63) is 75.9 Å². The summed E-state index contributed by atoms with van der Waals surface area (Å²) in [5, 5.41) is 2.82. The van der Waals surface area contributed by atoms with Crippen LogP contribution in [0.4, 0.5) is 10.1 Å². The molecule has 0 aliphatic rings. The number of amides is 1. The second-order valence-electron chi connectivity index (χ2n) is 7.22. The summed E-state index contributed by atoms with van der Waals surface area (Å²) in [6, 6.07) is 17.0. The molecule has 0 unspecified atom stereocenters. The minimum atomic E-state index is -0.497. The Morgan fingerprint density at radius 2 is 1.82 bits per heavy atom. The van der Waals surface area contributed by atoms with Crippen LogP contribution in [0.3, 0.4) is 0 Å². The van der Waals surface area contributed by atoms with Gasteiger partial charge in [-0.3, -0.25) is 4.79 Å². The summed E-state index contributed by atoms with van der Waals surface area (Å²) in [5.41, 5.74) is 2.97. The van der Waals surface area contributed by atoms with Gasteiger partial charge in [-0.05, 0) is 55.2 Å². The van der Waals surface area contributed by atoms with Gasteiger partial charge < -0.3 is 5.32 Å². The molecule has 3 aromatic rings. The Hall–Kier alpha value is -2.17. The number of carbonyl (C=O) groups is 1. The number of hydrogen-bond acceptors (Lipinski definition) is 2. The van der Waals surface area contributed by atoms with Crippen LogP contribution >= 0.6 is 22.9 Å². The van der Waals surface area contributed by atoms with Gasteiger partial charge in [0.2, 0.25) is 5.91 Å². The Balaban J connectivity index is 1.62. The van der Waals surface area contributed by atoms with E-state index in [2.05, 4.69) is 55.6 Å². The van der Waals surface area contributed by atoms with Gasteiger partial charge in [-0.25, -0.2) is 4.39 Å².